The molecule has 7 heteroatoms. The number of carbonyl (C=O) groups excluding carboxylic acids is 1. The molecule has 0 unspecified atom stereocenters. The van der Waals surface area contributed by atoms with Crippen molar-refractivity contribution in [3.8, 4) is 0 Å². The van der Waals surface area contributed by atoms with Crippen LogP contribution in [0.15, 0.2) is 36.4 Å². The molecule has 0 aliphatic heterocycles. The predicted molar refractivity (Wildman–Crippen MR) is 124 cm³/mol. The van der Waals surface area contributed by atoms with Crippen molar-refractivity contribution in [2.45, 2.75) is 49.7 Å². The normalized spacial score (nSPS) is 11.5. The first-order valence-electron chi connectivity index (χ1n) is 9.78. The van der Waals surface area contributed by atoms with Crippen LogP contribution in [0.2, 0.25) is 29.6 Å². The average Bonchev–Trinajstić information content (AvgIpc) is 2.60. The molecule has 0 atom stereocenters. The van der Waals surface area contributed by atoms with Gasteiger partial charge in [0.1, 0.15) is 0 Å². The molecule has 0 aliphatic carbocycles. The SMILES string of the molecule is CC(=O)NCc1c[c]([Sn]([CH3])([CH3])[CH3])ccc1F.[CH3][Sn]([CH3])([CH3])[c]1ccc(F)c(CN)c1. The van der Waals surface area contributed by atoms with Gasteiger partial charge in [-0.15, -0.1) is 0 Å². The number of rotatable bonds is 5. The van der Waals surface area contributed by atoms with Crippen molar-refractivity contribution in [1.82, 2.24) is 5.32 Å². The maximum absolute atomic E-state index is 13.5. The van der Waals surface area contributed by atoms with Crippen molar-refractivity contribution in [3.63, 3.8) is 0 Å². The van der Waals surface area contributed by atoms with Gasteiger partial charge in [-0.25, -0.2) is 0 Å². The van der Waals surface area contributed by atoms with Crippen molar-refractivity contribution in [2.24, 2.45) is 5.73 Å². The van der Waals surface area contributed by atoms with Crippen LogP contribution in [0, 0.1) is 11.6 Å². The predicted octanol–water partition coefficient (Wildman–Crippen LogP) is 3.84. The van der Waals surface area contributed by atoms with Crippen LogP contribution in [-0.4, -0.2) is 42.7 Å². The van der Waals surface area contributed by atoms with Crippen molar-refractivity contribution in [2.75, 3.05) is 0 Å². The van der Waals surface area contributed by atoms with E-state index in [1.165, 1.54) is 20.1 Å². The molecular formula is C22H34F2N2OSn2. The summed E-state index contributed by atoms with van der Waals surface area (Å²) in [5, 5.41) is 2.63. The third-order valence-electron chi connectivity index (χ3n) is 4.57. The Morgan fingerprint density at radius 3 is 1.66 bits per heavy atom. The topological polar surface area (TPSA) is 55.1 Å². The van der Waals surface area contributed by atoms with Gasteiger partial charge in [0.15, 0.2) is 0 Å². The van der Waals surface area contributed by atoms with E-state index in [4.69, 9.17) is 5.73 Å². The molecule has 0 bridgehead atoms. The zero-order valence-corrected chi connectivity index (χ0v) is 24.3. The molecule has 2 aromatic carbocycles. The van der Waals surface area contributed by atoms with Gasteiger partial charge in [-0.1, -0.05) is 0 Å². The summed E-state index contributed by atoms with van der Waals surface area (Å²) in [5.41, 5.74) is 6.67. The van der Waals surface area contributed by atoms with E-state index in [-0.39, 0.29) is 24.1 Å². The number of hydrogen-bond donors (Lipinski definition) is 2. The number of amides is 1. The van der Waals surface area contributed by atoms with E-state index < -0.39 is 36.8 Å². The first kappa shape index (κ1) is 26.4. The molecule has 160 valence electrons. The average molecular weight is 618 g/mol. The number of nitrogens with one attached hydrogen (secondary N) is 1. The minimum absolute atomic E-state index is 0.135. The summed E-state index contributed by atoms with van der Waals surface area (Å²) < 4.78 is 29.2. The maximum atomic E-state index is 13.5. The molecule has 2 rings (SSSR count). The van der Waals surface area contributed by atoms with Crippen molar-refractivity contribution in [1.29, 1.82) is 0 Å². The van der Waals surface area contributed by atoms with E-state index >= 15 is 0 Å². The summed E-state index contributed by atoms with van der Waals surface area (Å²) in [5.74, 6) is -0.557. The Bertz CT molecular complexity index is 844. The van der Waals surface area contributed by atoms with Gasteiger partial charge in [-0.05, 0) is 0 Å². The molecule has 3 nitrogen and oxygen atoms in total. The quantitative estimate of drug-likeness (QED) is 0.502. The fourth-order valence-electron chi connectivity index (χ4n) is 2.59. The van der Waals surface area contributed by atoms with Gasteiger partial charge in [0.2, 0.25) is 0 Å². The number of carbonyl (C=O) groups is 1. The van der Waals surface area contributed by atoms with E-state index in [9.17, 15) is 13.6 Å². The summed E-state index contributed by atoms with van der Waals surface area (Å²) in [6, 6.07) is 10.7. The molecule has 0 aromatic heterocycles. The van der Waals surface area contributed by atoms with Gasteiger partial charge in [-0.3, -0.25) is 0 Å². The molecule has 0 saturated heterocycles. The molecule has 0 spiro atoms. The third-order valence-corrected chi connectivity index (χ3v) is 16.2. The van der Waals surface area contributed by atoms with Gasteiger partial charge >= 0.3 is 183 Å². The first-order chi connectivity index (χ1) is 13.3. The minimum atomic E-state index is -2.14. The van der Waals surface area contributed by atoms with Crippen LogP contribution in [0.5, 0.6) is 0 Å². The van der Waals surface area contributed by atoms with Crippen LogP contribution in [0.3, 0.4) is 0 Å². The van der Waals surface area contributed by atoms with Gasteiger partial charge in [-0.2, -0.15) is 0 Å². The summed E-state index contributed by atoms with van der Waals surface area (Å²) in [7, 11) is 0. The van der Waals surface area contributed by atoms with E-state index in [1.807, 2.05) is 24.3 Å². The molecule has 3 N–H and O–H groups in total. The first-order valence-corrected chi connectivity index (χ1v) is 29.8. The molecule has 2 aromatic rings. The zero-order chi connectivity index (χ0) is 22.4. The van der Waals surface area contributed by atoms with Crippen LogP contribution in [0.25, 0.3) is 0 Å². The molecule has 1 amide bonds. The van der Waals surface area contributed by atoms with E-state index in [0.717, 1.165) is 0 Å². The second kappa shape index (κ2) is 11.1. The zero-order valence-electron chi connectivity index (χ0n) is 18.6. The van der Waals surface area contributed by atoms with Crippen LogP contribution < -0.4 is 18.2 Å². The Balaban J connectivity index is 0.000000296. The number of nitrogens with two attached hydrogens (primary N) is 1. The molecule has 0 fully saturated rings. The fraction of sp³-hybridized carbons (Fsp3) is 0.409. The second-order valence-corrected chi connectivity index (χ2v) is 38.2. The van der Waals surface area contributed by atoms with Crippen LogP contribution in [0.1, 0.15) is 18.1 Å². The standard InChI is InChI=1S/C9H9FNO.C7H7FN.6CH3.2Sn/c1-7(12)11-6-8-4-2-3-5-9(8)10;8-7-4-2-1-3-6(7)5-9;;;;;;;;/h3-5H,6H2,1H3,(H,11,12);2-4H,5,9H2;6*1H3;;. The molecule has 0 saturated carbocycles. The van der Waals surface area contributed by atoms with E-state index in [1.54, 1.807) is 6.07 Å². The Hall–Kier alpha value is -0.673. The van der Waals surface area contributed by atoms with Gasteiger partial charge in [0.05, 0.1) is 0 Å². The molecule has 29 heavy (non-hydrogen) atoms. The van der Waals surface area contributed by atoms with Gasteiger partial charge in [0, 0.05) is 0 Å². The van der Waals surface area contributed by atoms with E-state index in [0.29, 0.717) is 17.7 Å². The summed E-state index contributed by atoms with van der Waals surface area (Å²) in [6.07, 6.45) is 0. The van der Waals surface area contributed by atoms with Crippen molar-refractivity contribution >= 4 is 49.8 Å². The summed E-state index contributed by atoms with van der Waals surface area (Å²) in [4.78, 5) is 24.6. The van der Waals surface area contributed by atoms with Gasteiger partial charge in [0.25, 0.3) is 0 Å². The Kier molecular flexibility index (Phi) is 10.1. The van der Waals surface area contributed by atoms with Crippen molar-refractivity contribution < 1.29 is 13.6 Å². The van der Waals surface area contributed by atoms with Crippen LogP contribution in [-0.2, 0) is 17.9 Å². The number of hydrogen-bond acceptors (Lipinski definition) is 2. The molecule has 0 heterocycles. The Morgan fingerprint density at radius 2 is 1.28 bits per heavy atom. The van der Waals surface area contributed by atoms with E-state index in [2.05, 4.69) is 35.0 Å². The molecule has 0 radical (unpaired) electrons. The number of halogens is 2. The second-order valence-electron chi connectivity index (χ2n) is 9.23. The molecule has 0 aliphatic rings. The Morgan fingerprint density at radius 1 is 0.862 bits per heavy atom. The number of benzene rings is 2. The third kappa shape index (κ3) is 8.92. The van der Waals surface area contributed by atoms with Crippen LogP contribution >= 0.6 is 0 Å². The molecular weight excluding hydrogens is 584 g/mol. The fourth-order valence-corrected chi connectivity index (χ4v) is 9.39. The van der Waals surface area contributed by atoms with Gasteiger partial charge < -0.3 is 0 Å². The monoisotopic (exact) mass is 620 g/mol. The Labute approximate surface area is 182 Å². The summed E-state index contributed by atoms with van der Waals surface area (Å²) >= 11 is -4.18. The van der Waals surface area contributed by atoms with Crippen LogP contribution in [0.4, 0.5) is 8.78 Å². The summed E-state index contributed by atoms with van der Waals surface area (Å²) in [6.45, 7) is 2.00. The van der Waals surface area contributed by atoms with Crippen molar-refractivity contribution in [3.05, 3.63) is 59.2 Å².